The lowest BCUT2D eigenvalue weighted by Gasteiger charge is -2.16. The topological polar surface area (TPSA) is 45.2 Å². The van der Waals surface area contributed by atoms with E-state index in [2.05, 4.69) is 10.3 Å². The molecule has 0 saturated carbocycles. The highest BCUT2D eigenvalue weighted by atomic mass is 32.1. The van der Waals surface area contributed by atoms with Crippen molar-refractivity contribution >= 4 is 17.2 Å². The van der Waals surface area contributed by atoms with Crippen LogP contribution in [-0.2, 0) is 11.3 Å². The molecule has 1 aromatic heterocycles. The summed E-state index contributed by atoms with van der Waals surface area (Å²) in [6.45, 7) is 3.54. The molecule has 1 rings (SSSR count). The van der Waals surface area contributed by atoms with Gasteiger partial charge >= 0.3 is 0 Å². The van der Waals surface area contributed by atoms with Gasteiger partial charge in [0.1, 0.15) is 0 Å². The van der Waals surface area contributed by atoms with E-state index in [0.717, 1.165) is 18.7 Å². The summed E-state index contributed by atoms with van der Waals surface area (Å²) >= 11 is 1.61. The van der Waals surface area contributed by atoms with Crippen LogP contribution >= 0.6 is 11.3 Å². The van der Waals surface area contributed by atoms with Crippen LogP contribution in [0.25, 0.3) is 0 Å². The fourth-order valence-electron chi connectivity index (χ4n) is 1.39. The second-order valence-corrected chi connectivity index (χ2v) is 4.76. The number of aryl methyl sites for hydroxylation is 1. The summed E-state index contributed by atoms with van der Waals surface area (Å²) < 4.78 is 0. The lowest BCUT2D eigenvalue weighted by Crippen LogP contribution is -2.26. The highest BCUT2D eigenvalue weighted by Crippen LogP contribution is 2.14. The van der Waals surface area contributed by atoms with Crippen LogP contribution in [0.15, 0.2) is 5.51 Å². The molecule has 0 aromatic carbocycles. The van der Waals surface area contributed by atoms with Crippen LogP contribution < -0.4 is 5.32 Å². The van der Waals surface area contributed by atoms with Crippen molar-refractivity contribution in [3.05, 3.63) is 16.1 Å². The van der Waals surface area contributed by atoms with Crippen LogP contribution in [0.4, 0.5) is 0 Å². The molecule has 0 atom stereocenters. The highest BCUT2D eigenvalue weighted by molar-refractivity contribution is 7.09. The van der Waals surface area contributed by atoms with Crippen LogP contribution in [0.5, 0.6) is 0 Å². The molecule has 0 aliphatic rings. The Morgan fingerprint density at radius 1 is 1.62 bits per heavy atom. The third kappa shape index (κ3) is 3.90. The van der Waals surface area contributed by atoms with Crippen molar-refractivity contribution in [3.63, 3.8) is 0 Å². The van der Waals surface area contributed by atoms with Crippen molar-refractivity contribution in [2.24, 2.45) is 0 Å². The van der Waals surface area contributed by atoms with Gasteiger partial charge in [-0.1, -0.05) is 0 Å². The molecule has 0 saturated heterocycles. The number of thiazole rings is 1. The minimum Gasteiger partial charge on any atom is -0.341 e. The maximum absolute atomic E-state index is 11.7. The van der Waals surface area contributed by atoms with E-state index in [1.165, 1.54) is 4.88 Å². The SMILES string of the molecule is CNCCCC(=O)N(C)Cc1scnc1C. The summed E-state index contributed by atoms with van der Waals surface area (Å²) in [6.07, 6.45) is 1.50. The second-order valence-electron chi connectivity index (χ2n) is 3.82. The lowest BCUT2D eigenvalue weighted by atomic mass is 10.2. The Bertz CT molecular complexity index is 338. The van der Waals surface area contributed by atoms with Gasteiger partial charge in [-0.05, 0) is 26.9 Å². The van der Waals surface area contributed by atoms with Gasteiger partial charge in [0.2, 0.25) is 5.91 Å². The molecule has 1 heterocycles. The van der Waals surface area contributed by atoms with E-state index in [1.807, 2.05) is 26.5 Å². The average Bonchev–Trinajstić information content (AvgIpc) is 2.64. The standard InChI is InChI=1S/C11H19N3OS/c1-9-10(16-8-13-9)7-14(3)11(15)5-4-6-12-2/h8,12H,4-7H2,1-3H3. The first-order valence-corrected chi connectivity index (χ1v) is 6.30. The number of aromatic nitrogens is 1. The summed E-state index contributed by atoms with van der Waals surface area (Å²) in [5.74, 6) is 0.197. The summed E-state index contributed by atoms with van der Waals surface area (Å²) in [4.78, 5) is 18.9. The monoisotopic (exact) mass is 241 g/mol. The Morgan fingerprint density at radius 3 is 2.94 bits per heavy atom. The van der Waals surface area contributed by atoms with Crippen molar-refractivity contribution < 1.29 is 4.79 Å². The molecular formula is C11H19N3OS. The van der Waals surface area contributed by atoms with Crippen molar-refractivity contribution in [1.29, 1.82) is 0 Å². The summed E-state index contributed by atoms with van der Waals surface area (Å²) in [5, 5.41) is 3.04. The van der Waals surface area contributed by atoms with E-state index >= 15 is 0 Å². The van der Waals surface area contributed by atoms with Gasteiger partial charge in [0.05, 0.1) is 17.7 Å². The van der Waals surface area contributed by atoms with Crippen LogP contribution in [0.2, 0.25) is 0 Å². The van der Waals surface area contributed by atoms with Crippen molar-refractivity contribution in [1.82, 2.24) is 15.2 Å². The third-order valence-corrected chi connectivity index (χ3v) is 3.39. The minimum atomic E-state index is 0.197. The third-order valence-electron chi connectivity index (χ3n) is 2.47. The molecule has 16 heavy (non-hydrogen) atoms. The molecule has 4 nitrogen and oxygen atoms in total. The lowest BCUT2D eigenvalue weighted by molar-refractivity contribution is -0.130. The van der Waals surface area contributed by atoms with Crippen LogP contribution in [0, 0.1) is 6.92 Å². The molecule has 0 unspecified atom stereocenters. The van der Waals surface area contributed by atoms with Gasteiger partial charge in [-0.2, -0.15) is 0 Å². The normalized spacial score (nSPS) is 10.4. The Balaban J connectivity index is 2.37. The summed E-state index contributed by atoms with van der Waals surface area (Å²) in [7, 11) is 3.75. The molecule has 1 N–H and O–H groups in total. The van der Waals surface area contributed by atoms with E-state index in [9.17, 15) is 4.79 Å². The van der Waals surface area contributed by atoms with Gasteiger partial charge in [-0.15, -0.1) is 11.3 Å². The zero-order valence-corrected chi connectivity index (χ0v) is 10.9. The van der Waals surface area contributed by atoms with Crippen molar-refractivity contribution in [2.45, 2.75) is 26.3 Å². The number of rotatable bonds is 6. The Kier molecular flexibility index (Phi) is 5.42. The molecule has 0 fully saturated rings. The van der Waals surface area contributed by atoms with E-state index in [1.54, 1.807) is 16.2 Å². The number of hydrogen-bond acceptors (Lipinski definition) is 4. The Morgan fingerprint density at radius 2 is 2.38 bits per heavy atom. The first kappa shape index (κ1) is 13.1. The maximum Gasteiger partial charge on any atom is 0.222 e. The molecule has 0 radical (unpaired) electrons. The summed E-state index contributed by atoms with van der Waals surface area (Å²) in [6, 6.07) is 0. The van der Waals surface area contributed by atoms with Crippen LogP contribution in [0.1, 0.15) is 23.4 Å². The van der Waals surface area contributed by atoms with Gasteiger partial charge in [0.15, 0.2) is 0 Å². The number of nitrogens with one attached hydrogen (secondary N) is 1. The zero-order chi connectivity index (χ0) is 12.0. The quantitative estimate of drug-likeness (QED) is 0.766. The molecule has 1 aromatic rings. The first-order valence-electron chi connectivity index (χ1n) is 5.42. The molecular weight excluding hydrogens is 222 g/mol. The summed E-state index contributed by atoms with van der Waals surface area (Å²) in [5.41, 5.74) is 2.85. The Labute approximate surface area is 101 Å². The zero-order valence-electron chi connectivity index (χ0n) is 10.1. The highest BCUT2D eigenvalue weighted by Gasteiger charge is 2.11. The second kappa shape index (κ2) is 6.60. The molecule has 90 valence electrons. The van der Waals surface area contributed by atoms with Crippen molar-refractivity contribution in [3.8, 4) is 0 Å². The molecule has 0 spiro atoms. The van der Waals surface area contributed by atoms with E-state index in [-0.39, 0.29) is 5.91 Å². The molecule has 5 heteroatoms. The van der Waals surface area contributed by atoms with Gasteiger partial charge < -0.3 is 10.2 Å². The molecule has 0 aliphatic heterocycles. The van der Waals surface area contributed by atoms with Gasteiger partial charge in [-0.25, -0.2) is 4.98 Å². The van der Waals surface area contributed by atoms with Gasteiger partial charge in [0.25, 0.3) is 0 Å². The number of hydrogen-bond donors (Lipinski definition) is 1. The Hall–Kier alpha value is -0.940. The largest absolute Gasteiger partial charge is 0.341 e. The first-order chi connectivity index (χ1) is 7.65. The molecule has 0 aliphatic carbocycles. The van der Waals surface area contributed by atoms with Crippen LogP contribution in [-0.4, -0.2) is 36.4 Å². The number of amides is 1. The van der Waals surface area contributed by atoms with E-state index in [0.29, 0.717) is 13.0 Å². The minimum absolute atomic E-state index is 0.197. The number of nitrogens with zero attached hydrogens (tertiary/aromatic N) is 2. The number of carbonyl (C=O) groups is 1. The molecule has 0 bridgehead atoms. The fourth-order valence-corrected chi connectivity index (χ4v) is 2.22. The molecule has 1 amide bonds. The van der Waals surface area contributed by atoms with E-state index < -0.39 is 0 Å². The predicted octanol–water partition coefficient (Wildman–Crippen LogP) is 1.41. The average molecular weight is 241 g/mol. The smallest absolute Gasteiger partial charge is 0.222 e. The van der Waals surface area contributed by atoms with E-state index in [4.69, 9.17) is 0 Å². The van der Waals surface area contributed by atoms with Gasteiger partial charge in [-0.3, -0.25) is 4.79 Å². The maximum atomic E-state index is 11.7. The fraction of sp³-hybridized carbons (Fsp3) is 0.636. The van der Waals surface area contributed by atoms with Crippen LogP contribution in [0.3, 0.4) is 0 Å². The number of carbonyl (C=O) groups excluding carboxylic acids is 1. The van der Waals surface area contributed by atoms with Gasteiger partial charge in [0, 0.05) is 18.3 Å². The predicted molar refractivity (Wildman–Crippen MR) is 66.5 cm³/mol. The van der Waals surface area contributed by atoms with Crippen molar-refractivity contribution in [2.75, 3.05) is 20.6 Å².